The molecule has 0 atom stereocenters. The maximum Gasteiger partial charge on any atom is 0.226 e. The third-order valence-electron chi connectivity index (χ3n) is 7.88. The molecule has 220 valence electrons. The van der Waals surface area contributed by atoms with E-state index in [1.807, 2.05) is 20.0 Å². The minimum absolute atomic E-state index is 0.636. The molecule has 0 radical (unpaired) electrons. The molecule has 0 saturated heterocycles. The summed E-state index contributed by atoms with van der Waals surface area (Å²) in [5.41, 5.74) is 7.71. The molecule has 2 aliphatic carbocycles. The fraction of sp³-hybridized carbons (Fsp3) is 0.474. The first kappa shape index (κ1) is 32.3. The number of oxazole rings is 1. The quantitative estimate of drug-likeness (QED) is 0.206. The topological polar surface area (TPSA) is 38.4 Å². The van der Waals surface area contributed by atoms with Crippen LogP contribution < -0.4 is 0 Å². The lowest BCUT2D eigenvalue weighted by molar-refractivity contribution is 0.385. The standard InChI is InChI=1S/C29H32N2O.C7H14.C2H6/c1-5-25(8-6-7-23-14-15-23)22(4)31-28-18-26(16-11-21(28)3)29-30-19-27(32-29)17-24-12-9-20(2)10-13-24;1-7-5-3-2-4-6-7;1-2/h5-6,8-13,16,18-19,23H,7,14-15,17H2,1-4H3;7H,2-6H2,1H3;1-2H3/b8-6?,25-5+,31-22?;;. The molecule has 1 heterocycles. The first-order valence-electron chi connectivity index (χ1n) is 15.9. The van der Waals surface area contributed by atoms with E-state index in [9.17, 15) is 0 Å². The smallest absolute Gasteiger partial charge is 0.226 e. The Balaban J connectivity index is 0.000000443. The summed E-state index contributed by atoms with van der Waals surface area (Å²) in [5, 5.41) is 0. The van der Waals surface area contributed by atoms with Crippen molar-refractivity contribution in [2.45, 2.75) is 106 Å². The molecule has 2 fully saturated rings. The van der Waals surface area contributed by atoms with Crippen LogP contribution in [0.25, 0.3) is 11.5 Å². The molecule has 0 amide bonds. The highest BCUT2D eigenvalue weighted by atomic mass is 16.4. The van der Waals surface area contributed by atoms with Gasteiger partial charge in [-0.1, -0.05) is 107 Å². The average Bonchev–Trinajstić information content (AvgIpc) is 3.70. The van der Waals surface area contributed by atoms with E-state index in [0.717, 1.165) is 46.5 Å². The number of hydrogen-bond donors (Lipinski definition) is 0. The highest BCUT2D eigenvalue weighted by Gasteiger charge is 2.19. The van der Waals surface area contributed by atoms with Crippen molar-refractivity contribution >= 4 is 11.4 Å². The van der Waals surface area contributed by atoms with Crippen LogP contribution >= 0.6 is 0 Å². The second kappa shape index (κ2) is 16.9. The van der Waals surface area contributed by atoms with Gasteiger partial charge in [-0.2, -0.15) is 0 Å². The van der Waals surface area contributed by atoms with Gasteiger partial charge in [-0.05, 0) is 87.6 Å². The minimum atomic E-state index is 0.636. The van der Waals surface area contributed by atoms with Crippen LogP contribution in [-0.2, 0) is 6.42 Å². The number of benzene rings is 2. The van der Waals surface area contributed by atoms with E-state index in [1.165, 1.54) is 68.1 Å². The molecule has 3 nitrogen and oxygen atoms in total. The van der Waals surface area contributed by atoms with Gasteiger partial charge in [-0.15, -0.1) is 0 Å². The Morgan fingerprint density at radius 1 is 0.976 bits per heavy atom. The summed E-state index contributed by atoms with van der Waals surface area (Å²) in [6.45, 7) is 14.7. The summed E-state index contributed by atoms with van der Waals surface area (Å²) in [4.78, 5) is 9.47. The molecule has 41 heavy (non-hydrogen) atoms. The molecular weight excluding hydrogens is 500 g/mol. The van der Waals surface area contributed by atoms with Crippen molar-refractivity contribution in [3.8, 4) is 11.5 Å². The van der Waals surface area contributed by atoms with Crippen LogP contribution in [0.2, 0.25) is 0 Å². The van der Waals surface area contributed by atoms with Gasteiger partial charge >= 0.3 is 0 Å². The second-order valence-electron chi connectivity index (χ2n) is 11.6. The first-order valence-corrected chi connectivity index (χ1v) is 15.9. The molecule has 3 aromatic rings. The van der Waals surface area contributed by atoms with Crippen molar-refractivity contribution in [3.05, 3.63) is 94.9 Å². The summed E-state index contributed by atoms with van der Waals surface area (Å²) < 4.78 is 6.07. The lowest BCUT2D eigenvalue weighted by Gasteiger charge is -2.15. The van der Waals surface area contributed by atoms with Crippen LogP contribution in [-0.4, -0.2) is 10.7 Å². The summed E-state index contributed by atoms with van der Waals surface area (Å²) in [6, 6.07) is 14.7. The largest absolute Gasteiger partial charge is 0.441 e. The van der Waals surface area contributed by atoms with Gasteiger partial charge in [-0.3, -0.25) is 4.99 Å². The van der Waals surface area contributed by atoms with Crippen LogP contribution in [0, 0.1) is 25.7 Å². The minimum Gasteiger partial charge on any atom is -0.441 e. The molecule has 2 aliphatic rings. The molecule has 5 rings (SSSR count). The van der Waals surface area contributed by atoms with E-state index < -0.39 is 0 Å². The monoisotopic (exact) mass is 552 g/mol. The Kier molecular flexibility index (Phi) is 13.3. The number of allylic oxidation sites excluding steroid dienone is 4. The van der Waals surface area contributed by atoms with Gasteiger partial charge in [0.15, 0.2) is 0 Å². The summed E-state index contributed by atoms with van der Waals surface area (Å²) in [6.07, 6.45) is 20.6. The van der Waals surface area contributed by atoms with Crippen molar-refractivity contribution in [1.29, 1.82) is 0 Å². The molecule has 1 aromatic heterocycles. The van der Waals surface area contributed by atoms with Crippen LogP contribution in [0.4, 0.5) is 5.69 Å². The van der Waals surface area contributed by atoms with Gasteiger partial charge in [0.25, 0.3) is 0 Å². The lowest BCUT2D eigenvalue weighted by Crippen LogP contribution is -1.99. The van der Waals surface area contributed by atoms with Crippen LogP contribution in [0.1, 0.15) is 108 Å². The maximum atomic E-state index is 6.07. The zero-order chi connectivity index (χ0) is 29.6. The van der Waals surface area contributed by atoms with Crippen molar-refractivity contribution in [2.75, 3.05) is 0 Å². The van der Waals surface area contributed by atoms with E-state index in [0.29, 0.717) is 5.89 Å². The number of nitrogens with zero attached hydrogens (tertiary/aromatic N) is 2. The molecule has 2 saturated carbocycles. The summed E-state index contributed by atoms with van der Waals surface area (Å²) >= 11 is 0. The SMILES string of the molecule is C/C=C(\C=CCC1CC1)C(C)=Nc1cc(-c2ncc(Cc3ccc(C)cc3)o2)ccc1C.CC.CC1CCCCC1. The number of aryl methyl sites for hydroxylation is 2. The Hall–Kier alpha value is -3.20. The van der Waals surface area contributed by atoms with Gasteiger partial charge in [0.1, 0.15) is 5.76 Å². The van der Waals surface area contributed by atoms with Gasteiger partial charge in [-0.25, -0.2) is 4.98 Å². The molecule has 3 heteroatoms. The third-order valence-corrected chi connectivity index (χ3v) is 7.88. The number of aromatic nitrogens is 1. The lowest BCUT2D eigenvalue weighted by atomic mass is 9.91. The van der Waals surface area contributed by atoms with Crippen LogP contribution in [0.5, 0.6) is 0 Å². The third kappa shape index (κ3) is 10.9. The highest BCUT2D eigenvalue weighted by molar-refractivity contribution is 6.02. The zero-order valence-electron chi connectivity index (χ0n) is 26.7. The van der Waals surface area contributed by atoms with E-state index in [2.05, 4.69) is 100 Å². The van der Waals surface area contributed by atoms with Gasteiger partial charge < -0.3 is 4.42 Å². The van der Waals surface area contributed by atoms with Gasteiger partial charge in [0.2, 0.25) is 5.89 Å². The molecule has 2 aromatic carbocycles. The fourth-order valence-electron chi connectivity index (χ4n) is 5.01. The number of aliphatic imine (C=N–C) groups is 1. The molecule has 0 aliphatic heterocycles. The number of rotatable bonds is 8. The van der Waals surface area contributed by atoms with E-state index in [1.54, 1.807) is 0 Å². The van der Waals surface area contributed by atoms with E-state index >= 15 is 0 Å². The Bertz CT molecular complexity index is 1280. The summed E-state index contributed by atoms with van der Waals surface area (Å²) in [7, 11) is 0. The Morgan fingerprint density at radius 2 is 1.68 bits per heavy atom. The highest BCUT2D eigenvalue weighted by Crippen LogP contribution is 2.33. The van der Waals surface area contributed by atoms with Crippen LogP contribution in [0.15, 0.2) is 81.9 Å². The molecule has 0 unspecified atom stereocenters. The first-order chi connectivity index (χ1) is 19.9. The fourth-order valence-corrected chi connectivity index (χ4v) is 5.01. The normalized spacial score (nSPS) is 16.2. The van der Waals surface area contributed by atoms with Crippen LogP contribution in [0.3, 0.4) is 0 Å². The predicted octanol–water partition coefficient (Wildman–Crippen LogP) is 11.6. The molecule has 0 N–H and O–H groups in total. The zero-order valence-corrected chi connectivity index (χ0v) is 26.7. The maximum absolute atomic E-state index is 6.07. The number of hydrogen-bond acceptors (Lipinski definition) is 3. The van der Waals surface area contributed by atoms with E-state index in [-0.39, 0.29) is 0 Å². The predicted molar refractivity (Wildman–Crippen MR) is 177 cm³/mol. The van der Waals surface area contributed by atoms with Crippen molar-refractivity contribution < 1.29 is 4.42 Å². The second-order valence-corrected chi connectivity index (χ2v) is 11.6. The molecule has 0 spiro atoms. The van der Waals surface area contributed by atoms with Gasteiger partial charge in [0.05, 0.1) is 11.9 Å². The van der Waals surface area contributed by atoms with Crippen molar-refractivity contribution in [1.82, 2.24) is 4.98 Å². The molecular formula is C38H52N2O. The van der Waals surface area contributed by atoms with Crippen molar-refractivity contribution in [3.63, 3.8) is 0 Å². The van der Waals surface area contributed by atoms with Gasteiger partial charge in [0, 0.05) is 17.7 Å². The molecule has 0 bridgehead atoms. The Labute approximate surface area is 249 Å². The van der Waals surface area contributed by atoms with Crippen molar-refractivity contribution in [2.24, 2.45) is 16.8 Å². The van der Waals surface area contributed by atoms with E-state index in [4.69, 9.17) is 9.41 Å². The summed E-state index contributed by atoms with van der Waals surface area (Å²) in [5.74, 6) is 3.44. The Morgan fingerprint density at radius 3 is 2.29 bits per heavy atom. The average molecular weight is 553 g/mol.